The first kappa shape index (κ1) is 15.7. The molecule has 2 N–H and O–H groups in total. The third-order valence-electron chi connectivity index (χ3n) is 2.41. The van der Waals surface area contributed by atoms with Gasteiger partial charge in [-0.05, 0) is 17.7 Å². The van der Waals surface area contributed by atoms with E-state index in [-0.39, 0.29) is 11.5 Å². The molecule has 0 aliphatic carbocycles. The van der Waals surface area contributed by atoms with Gasteiger partial charge in [-0.15, -0.1) is 0 Å². The monoisotopic (exact) mass is 342 g/mol. The number of carbonyl (C=O) groups is 2. The van der Waals surface area contributed by atoms with Crippen molar-refractivity contribution >= 4 is 56.2 Å². The molecule has 9 heteroatoms. The summed E-state index contributed by atoms with van der Waals surface area (Å²) in [4.78, 5) is 23.9. The molecular formula is C12H10N2O4S3. The van der Waals surface area contributed by atoms with Crippen molar-refractivity contribution in [2.24, 2.45) is 0 Å². The molecule has 21 heavy (non-hydrogen) atoms. The minimum Gasteiger partial charge on any atom is -0.307 e. The molecule has 0 aromatic heterocycles. The second-order valence-electron chi connectivity index (χ2n) is 4.14. The highest BCUT2D eigenvalue weighted by Gasteiger charge is 2.23. The molecule has 2 amide bonds. The lowest BCUT2D eigenvalue weighted by atomic mass is 10.1. The SMILES string of the molecule is CS(=O)(=O)NC(=O)c1ccccc1/C=C1\SC(=S)NC1=O. The summed E-state index contributed by atoms with van der Waals surface area (Å²) in [7, 11) is -3.66. The third kappa shape index (κ3) is 4.13. The number of thioether (sulfide) groups is 1. The lowest BCUT2D eigenvalue weighted by molar-refractivity contribution is -0.115. The highest BCUT2D eigenvalue weighted by molar-refractivity contribution is 8.26. The number of rotatable bonds is 3. The zero-order valence-electron chi connectivity index (χ0n) is 10.7. The maximum atomic E-state index is 11.9. The van der Waals surface area contributed by atoms with Crippen molar-refractivity contribution in [1.82, 2.24) is 10.0 Å². The van der Waals surface area contributed by atoms with Crippen LogP contribution >= 0.6 is 24.0 Å². The van der Waals surface area contributed by atoms with Crippen LogP contribution < -0.4 is 10.0 Å². The second kappa shape index (κ2) is 5.96. The van der Waals surface area contributed by atoms with E-state index in [4.69, 9.17) is 12.2 Å². The summed E-state index contributed by atoms with van der Waals surface area (Å²) in [5, 5.41) is 2.46. The molecule has 0 unspecified atom stereocenters. The van der Waals surface area contributed by atoms with Gasteiger partial charge in [0.05, 0.1) is 11.2 Å². The highest BCUT2D eigenvalue weighted by atomic mass is 32.2. The summed E-state index contributed by atoms with van der Waals surface area (Å²) >= 11 is 5.96. The Morgan fingerprint density at radius 2 is 2.05 bits per heavy atom. The number of benzene rings is 1. The van der Waals surface area contributed by atoms with Gasteiger partial charge in [0.1, 0.15) is 4.32 Å². The lowest BCUT2D eigenvalue weighted by Gasteiger charge is -2.06. The summed E-state index contributed by atoms with van der Waals surface area (Å²) in [6.07, 6.45) is 2.39. The second-order valence-corrected chi connectivity index (χ2v) is 7.61. The standard InChI is InChI=1S/C12H10N2O4S3/c1-21(17,18)14-10(15)8-5-3-2-4-7(8)6-9-11(16)13-12(19)20-9/h2-6H,1H3,(H,14,15)(H,13,16,19)/b9-6-. The van der Waals surface area contributed by atoms with Gasteiger partial charge in [0.15, 0.2) is 0 Å². The van der Waals surface area contributed by atoms with Gasteiger partial charge in [-0.25, -0.2) is 13.1 Å². The number of amides is 2. The van der Waals surface area contributed by atoms with Crippen LogP contribution in [0.3, 0.4) is 0 Å². The third-order valence-corrected chi connectivity index (χ3v) is 4.13. The Labute approximate surface area is 131 Å². The summed E-state index contributed by atoms with van der Waals surface area (Å²) in [6, 6.07) is 6.37. The fourth-order valence-electron chi connectivity index (χ4n) is 1.62. The summed E-state index contributed by atoms with van der Waals surface area (Å²) in [5.74, 6) is -1.10. The first-order valence-corrected chi connectivity index (χ1v) is 8.74. The normalized spacial score (nSPS) is 16.9. The van der Waals surface area contributed by atoms with Crippen molar-refractivity contribution < 1.29 is 18.0 Å². The molecule has 1 aliphatic rings. The fourth-order valence-corrected chi connectivity index (χ4v) is 3.10. The quantitative estimate of drug-likeness (QED) is 0.625. The van der Waals surface area contributed by atoms with Gasteiger partial charge in [-0.1, -0.05) is 42.2 Å². The van der Waals surface area contributed by atoms with Gasteiger partial charge in [-0.3, -0.25) is 9.59 Å². The molecule has 1 fully saturated rings. The van der Waals surface area contributed by atoms with E-state index in [1.165, 1.54) is 12.1 Å². The van der Waals surface area contributed by atoms with E-state index in [2.05, 4.69) is 5.32 Å². The molecular weight excluding hydrogens is 332 g/mol. The Morgan fingerprint density at radius 1 is 1.38 bits per heavy atom. The predicted octanol–water partition coefficient (Wildman–Crippen LogP) is 0.865. The number of carbonyl (C=O) groups excluding carboxylic acids is 2. The van der Waals surface area contributed by atoms with E-state index in [9.17, 15) is 18.0 Å². The first-order chi connectivity index (χ1) is 9.76. The van der Waals surface area contributed by atoms with E-state index in [0.717, 1.165) is 18.0 Å². The van der Waals surface area contributed by atoms with Crippen molar-refractivity contribution in [3.63, 3.8) is 0 Å². The van der Waals surface area contributed by atoms with Crippen LogP contribution in [0.4, 0.5) is 0 Å². The van der Waals surface area contributed by atoms with Crippen LogP contribution in [0.15, 0.2) is 29.2 Å². The smallest absolute Gasteiger partial charge is 0.265 e. The van der Waals surface area contributed by atoms with Gasteiger partial charge in [0, 0.05) is 5.56 Å². The van der Waals surface area contributed by atoms with E-state index in [0.29, 0.717) is 14.8 Å². The molecule has 0 spiro atoms. The number of hydrogen-bond donors (Lipinski definition) is 2. The Kier molecular flexibility index (Phi) is 4.45. The fraction of sp³-hybridized carbons (Fsp3) is 0.0833. The molecule has 1 heterocycles. The van der Waals surface area contributed by atoms with Gasteiger partial charge < -0.3 is 5.32 Å². The van der Waals surface area contributed by atoms with Gasteiger partial charge in [-0.2, -0.15) is 0 Å². The Bertz CT molecular complexity index is 768. The molecule has 0 atom stereocenters. The largest absolute Gasteiger partial charge is 0.307 e. The number of nitrogens with one attached hydrogen (secondary N) is 2. The number of thiocarbonyl (C=S) groups is 1. The van der Waals surface area contributed by atoms with Crippen LogP contribution in [-0.2, 0) is 14.8 Å². The van der Waals surface area contributed by atoms with Gasteiger partial charge >= 0.3 is 0 Å². The van der Waals surface area contributed by atoms with Crippen LogP contribution in [0.5, 0.6) is 0 Å². The predicted molar refractivity (Wildman–Crippen MR) is 85.1 cm³/mol. The molecule has 0 bridgehead atoms. The maximum absolute atomic E-state index is 11.9. The van der Waals surface area contributed by atoms with Crippen molar-refractivity contribution in [1.29, 1.82) is 0 Å². The van der Waals surface area contributed by atoms with Crippen LogP contribution in [0.1, 0.15) is 15.9 Å². The minimum absolute atomic E-state index is 0.154. The Hall–Kier alpha value is -1.71. The lowest BCUT2D eigenvalue weighted by Crippen LogP contribution is -2.29. The molecule has 110 valence electrons. The Balaban J connectivity index is 2.38. The van der Waals surface area contributed by atoms with Crippen LogP contribution in [0.25, 0.3) is 6.08 Å². The van der Waals surface area contributed by atoms with Crippen LogP contribution in [0.2, 0.25) is 0 Å². The number of sulfonamides is 1. The summed E-state index contributed by atoms with van der Waals surface area (Å²) < 4.78 is 24.5. The zero-order chi connectivity index (χ0) is 15.6. The Morgan fingerprint density at radius 3 is 2.62 bits per heavy atom. The van der Waals surface area contributed by atoms with Crippen LogP contribution in [-0.4, -0.2) is 30.8 Å². The van der Waals surface area contributed by atoms with Crippen LogP contribution in [0, 0.1) is 0 Å². The zero-order valence-corrected chi connectivity index (χ0v) is 13.2. The van der Waals surface area contributed by atoms with Gasteiger partial charge in [0.2, 0.25) is 10.0 Å². The highest BCUT2D eigenvalue weighted by Crippen LogP contribution is 2.26. The topological polar surface area (TPSA) is 92.3 Å². The average molecular weight is 342 g/mol. The van der Waals surface area contributed by atoms with E-state index < -0.39 is 15.9 Å². The molecule has 1 saturated heterocycles. The average Bonchev–Trinajstić information content (AvgIpc) is 2.66. The molecule has 1 aromatic carbocycles. The summed E-state index contributed by atoms with van der Waals surface area (Å²) in [5.41, 5.74) is 0.586. The molecule has 1 aliphatic heterocycles. The molecule has 0 radical (unpaired) electrons. The maximum Gasteiger partial charge on any atom is 0.265 e. The van der Waals surface area contributed by atoms with Gasteiger partial charge in [0.25, 0.3) is 11.8 Å². The van der Waals surface area contributed by atoms with Crippen molar-refractivity contribution in [2.45, 2.75) is 0 Å². The minimum atomic E-state index is -3.66. The first-order valence-electron chi connectivity index (χ1n) is 5.62. The van der Waals surface area contributed by atoms with Crippen molar-refractivity contribution in [2.75, 3.05) is 6.26 Å². The van der Waals surface area contributed by atoms with E-state index >= 15 is 0 Å². The molecule has 6 nitrogen and oxygen atoms in total. The van der Waals surface area contributed by atoms with Crippen molar-refractivity contribution in [3.05, 3.63) is 40.3 Å². The van der Waals surface area contributed by atoms with E-state index in [1.807, 2.05) is 4.72 Å². The molecule has 1 aromatic rings. The van der Waals surface area contributed by atoms with Crippen molar-refractivity contribution in [3.8, 4) is 0 Å². The molecule has 0 saturated carbocycles. The summed E-state index contributed by atoms with van der Waals surface area (Å²) in [6.45, 7) is 0. The number of hydrogen-bond acceptors (Lipinski definition) is 6. The molecule has 2 rings (SSSR count). The van der Waals surface area contributed by atoms with E-state index in [1.54, 1.807) is 18.2 Å².